The van der Waals surface area contributed by atoms with Gasteiger partial charge in [0.15, 0.2) is 0 Å². The lowest BCUT2D eigenvalue weighted by molar-refractivity contribution is 0.0891. The molecule has 1 aliphatic heterocycles. The number of methoxy groups -OCH3 is 1. The van der Waals surface area contributed by atoms with Crippen molar-refractivity contribution >= 4 is 6.41 Å². The van der Waals surface area contributed by atoms with Crippen molar-refractivity contribution in [3.63, 3.8) is 0 Å². The fraction of sp³-hybridized carbons (Fsp3) is 0.500. The maximum Gasteiger partial charge on any atom is 0.312 e. The van der Waals surface area contributed by atoms with E-state index in [4.69, 9.17) is 9.47 Å². The Morgan fingerprint density at radius 2 is 2.44 bits per heavy atom. The first-order valence-corrected chi connectivity index (χ1v) is 6.19. The quantitative estimate of drug-likeness (QED) is 0.720. The number of rotatable bonds is 6. The molecule has 1 aliphatic rings. The van der Waals surface area contributed by atoms with Gasteiger partial charge in [0, 0.05) is 19.7 Å². The van der Waals surface area contributed by atoms with Crippen LogP contribution >= 0.6 is 0 Å². The Hall–Kier alpha value is -1.55. The van der Waals surface area contributed by atoms with E-state index in [1.165, 1.54) is 0 Å². The third kappa shape index (κ3) is 3.47. The summed E-state index contributed by atoms with van der Waals surface area (Å²) in [6.45, 7) is 1.96. The van der Waals surface area contributed by atoms with Gasteiger partial charge in [0.05, 0.1) is 13.2 Å². The van der Waals surface area contributed by atoms with Gasteiger partial charge in [0.2, 0.25) is 0 Å². The summed E-state index contributed by atoms with van der Waals surface area (Å²) < 4.78 is 10.7. The Labute approximate surface area is 107 Å². The molecule has 0 bridgehead atoms. The van der Waals surface area contributed by atoms with Gasteiger partial charge in [-0.1, -0.05) is 12.1 Å². The highest BCUT2D eigenvalue weighted by atomic mass is 16.5. The van der Waals surface area contributed by atoms with Gasteiger partial charge in [-0.05, 0) is 30.5 Å². The highest BCUT2D eigenvalue weighted by molar-refractivity contribution is 5.48. The molecule has 1 aromatic carbocycles. The van der Waals surface area contributed by atoms with Gasteiger partial charge >= 0.3 is 6.41 Å². The van der Waals surface area contributed by atoms with Crippen LogP contribution in [-0.2, 0) is 16.1 Å². The summed E-state index contributed by atoms with van der Waals surface area (Å²) >= 11 is 0. The zero-order valence-electron chi connectivity index (χ0n) is 10.6. The van der Waals surface area contributed by atoms with Crippen LogP contribution in [0.4, 0.5) is 0 Å². The Morgan fingerprint density at radius 3 is 3.11 bits per heavy atom. The molecule has 2 rings (SSSR count). The Morgan fingerprint density at radius 1 is 1.56 bits per heavy atom. The largest absolute Gasteiger partial charge is 0.497 e. The molecule has 0 aromatic heterocycles. The van der Waals surface area contributed by atoms with Crippen LogP contribution in [-0.4, -0.2) is 37.7 Å². The van der Waals surface area contributed by atoms with Gasteiger partial charge in [0.1, 0.15) is 5.75 Å². The van der Waals surface area contributed by atoms with Crippen LogP contribution in [0, 0.1) is 0 Å². The summed E-state index contributed by atoms with van der Waals surface area (Å²) in [4.78, 5) is 12.6. The minimum atomic E-state index is 0.164. The van der Waals surface area contributed by atoms with Crippen LogP contribution in [0.2, 0.25) is 0 Å². The number of nitrogens with zero attached hydrogens (tertiary/aromatic N) is 1. The number of hydrogen-bond donors (Lipinski definition) is 0. The molecule has 1 amide bonds. The van der Waals surface area contributed by atoms with Crippen molar-refractivity contribution < 1.29 is 14.3 Å². The van der Waals surface area contributed by atoms with Gasteiger partial charge in [-0.25, -0.2) is 0 Å². The van der Waals surface area contributed by atoms with Crippen LogP contribution in [0.1, 0.15) is 18.4 Å². The molecule has 4 heteroatoms. The first kappa shape index (κ1) is 12.9. The van der Waals surface area contributed by atoms with Crippen molar-refractivity contribution in [2.24, 2.45) is 0 Å². The van der Waals surface area contributed by atoms with Crippen molar-refractivity contribution in [1.29, 1.82) is 0 Å². The van der Waals surface area contributed by atoms with E-state index in [9.17, 15) is 4.79 Å². The maximum atomic E-state index is 11.0. The highest BCUT2D eigenvalue weighted by Gasteiger charge is 2.19. The Bertz CT molecular complexity index is 388. The van der Waals surface area contributed by atoms with Crippen molar-refractivity contribution in [2.45, 2.75) is 25.5 Å². The molecular weight excluding hydrogens is 230 g/mol. The van der Waals surface area contributed by atoms with Gasteiger partial charge in [-0.15, -0.1) is 0 Å². The van der Waals surface area contributed by atoms with E-state index in [0.29, 0.717) is 13.1 Å². The van der Waals surface area contributed by atoms with Crippen molar-refractivity contribution in [1.82, 2.24) is 4.90 Å². The predicted molar refractivity (Wildman–Crippen MR) is 68.1 cm³/mol. The highest BCUT2D eigenvalue weighted by Crippen LogP contribution is 2.16. The van der Waals surface area contributed by atoms with Crippen LogP contribution in [0.5, 0.6) is 5.75 Å². The summed E-state index contributed by atoms with van der Waals surface area (Å²) in [5, 5.41) is 0. The van der Waals surface area contributed by atoms with Crippen molar-refractivity contribution in [3.8, 4) is 5.75 Å². The molecule has 0 aliphatic carbocycles. The predicted octanol–water partition coefficient (Wildman–Crippen LogP) is 1.74. The lowest BCUT2D eigenvalue weighted by Crippen LogP contribution is -2.30. The van der Waals surface area contributed by atoms with E-state index in [1.807, 2.05) is 30.7 Å². The first-order chi connectivity index (χ1) is 8.81. The number of carbonyl (C=O) groups excluding carboxylic acids is 1. The zero-order chi connectivity index (χ0) is 12.8. The zero-order valence-corrected chi connectivity index (χ0v) is 10.6. The van der Waals surface area contributed by atoms with Crippen molar-refractivity contribution in [2.75, 3.05) is 20.3 Å². The fourth-order valence-corrected chi connectivity index (χ4v) is 2.16. The third-order valence-electron chi connectivity index (χ3n) is 3.08. The second kappa shape index (κ2) is 6.40. The first-order valence-electron chi connectivity index (χ1n) is 6.19. The fourth-order valence-electron chi connectivity index (χ4n) is 2.16. The molecule has 18 heavy (non-hydrogen) atoms. The molecular formula is C14H18NO3. The van der Waals surface area contributed by atoms with Crippen LogP contribution in [0.25, 0.3) is 0 Å². The molecule has 1 unspecified atom stereocenters. The summed E-state index contributed by atoms with van der Waals surface area (Å²) in [5.41, 5.74) is 1.04. The maximum absolute atomic E-state index is 11.0. The molecule has 0 spiro atoms. The second-order valence-electron chi connectivity index (χ2n) is 4.46. The third-order valence-corrected chi connectivity index (χ3v) is 3.08. The minimum absolute atomic E-state index is 0.164. The number of benzene rings is 1. The molecule has 97 valence electrons. The van der Waals surface area contributed by atoms with Gasteiger partial charge in [0.25, 0.3) is 0 Å². The molecule has 1 aromatic rings. The summed E-state index contributed by atoms with van der Waals surface area (Å²) in [6, 6.07) is 7.71. The molecule has 1 radical (unpaired) electrons. The van der Waals surface area contributed by atoms with Gasteiger partial charge < -0.3 is 14.4 Å². The van der Waals surface area contributed by atoms with E-state index in [0.717, 1.165) is 30.8 Å². The van der Waals surface area contributed by atoms with E-state index in [1.54, 1.807) is 12.0 Å². The topological polar surface area (TPSA) is 38.8 Å². The van der Waals surface area contributed by atoms with Gasteiger partial charge in [-0.3, -0.25) is 4.79 Å². The number of ether oxygens (including phenoxy) is 2. The van der Waals surface area contributed by atoms with E-state index in [2.05, 4.69) is 0 Å². The smallest absolute Gasteiger partial charge is 0.312 e. The van der Waals surface area contributed by atoms with Crippen LogP contribution in [0.15, 0.2) is 24.3 Å². The van der Waals surface area contributed by atoms with Crippen LogP contribution < -0.4 is 4.74 Å². The SMILES string of the molecule is COc1cccc(CN([C]=O)CC2CCCO2)c1. The average Bonchev–Trinajstić information content (AvgIpc) is 2.91. The molecule has 4 nitrogen and oxygen atoms in total. The average molecular weight is 248 g/mol. The second-order valence-corrected chi connectivity index (χ2v) is 4.46. The summed E-state index contributed by atoms with van der Waals surface area (Å²) in [6.07, 6.45) is 4.25. The number of amides is 1. The molecule has 1 heterocycles. The Kier molecular flexibility index (Phi) is 4.59. The lowest BCUT2D eigenvalue weighted by Gasteiger charge is -2.20. The lowest BCUT2D eigenvalue weighted by atomic mass is 10.2. The molecule has 0 N–H and O–H groups in total. The molecule has 1 fully saturated rings. The van der Waals surface area contributed by atoms with Crippen molar-refractivity contribution in [3.05, 3.63) is 29.8 Å². The minimum Gasteiger partial charge on any atom is -0.497 e. The molecule has 1 atom stereocenters. The summed E-state index contributed by atoms with van der Waals surface area (Å²) in [5.74, 6) is 0.801. The van der Waals surface area contributed by atoms with Gasteiger partial charge in [-0.2, -0.15) is 0 Å². The standard InChI is InChI=1S/C14H18NO3/c1-17-13-5-2-4-12(8-13)9-15(11-16)10-14-6-3-7-18-14/h2,4-5,8,14H,3,6-7,9-10H2,1H3. The Balaban J connectivity index is 1.93. The summed E-state index contributed by atoms with van der Waals surface area (Å²) in [7, 11) is 1.63. The molecule has 0 saturated carbocycles. The van der Waals surface area contributed by atoms with Crippen LogP contribution in [0.3, 0.4) is 0 Å². The van der Waals surface area contributed by atoms with E-state index in [-0.39, 0.29) is 6.10 Å². The van der Waals surface area contributed by atoms with E-state index < -0.39 is 0 Å². The number of hydrogen-bond acceptors (Lipinski definition) is 3. The molecule has 1 saturated heterocycles. The van der Waals surface area contributed by atoms with E-state index >= 15 is 0 Å². The monoisotopic (exact) mass is 248 g/mol. The normalized spacial score (nSPS) is 18.6.